The summed E-state index contributed by atoms with van der Waals surface area (Å²) in [6.45, 7) is 1.82. The molecule has 1 aromatic carbocycles. The van der Waals surface area contributed by atoms with Gasteiger partial charge >= 0.3 is 0 Å². The van der Waals surface area contributed by atoms with Crippen molar-refractivity contribution in [2.75, 3.05) is 0 Å². The number of aromatic nitrogens is 1. The quantitative estimate of drug-likeness (QED) is 0.788. The molecular formula is C14H9ClN2OS. The van der Waals surface area contributed by atoms with Crippen LogP contribution >= 0.6 is 23.4 Å². The second-order valence-electron chi connectivity index (χ2n) is 3.81. The van der Waals surface area contributed by atoms with Crippen LogP contribution < -0.4 is 0 Å². The SMILES string of the molecule is Cc1ccc(C#N)c(SC(=O)c2ccc(Cl)cc2)n1. The average Bonchev–Trinajstić information content (AvgIpc) is 2.39. The monoisotopic (exact) mass is 288 g/mol. The zero-order valence-electron chi connectivity index (χ0n) is 10.1. The van der Waals surface area contributed by atoms with Crippen molar-refractivity contribution < 1.29 is 4.79 Å². The highest BCUT2D eigenvalue weighted by Crippen LogP contribution is 2.25. The molecule has 3 nitrogen and oxygen atoms in total. The molecule has 2 aromatic rings. The third kappa shape index (κ3) is 3.34. The summed E-state index contributed by atoms with van der Waals surface area (Å²) < 4.78 is 0. The Hall–Kier alpha value is -1.83. The number of nitriles is 1. The number of rotatable bonds is 2. The maximum atomic E-state index is 12.1. The Morgan fingerprint density at radius 1 is 1.26 bits per heavy atom. The summed E-state index contributed by atoms with van der Waals surface area (Å²) >= 11 is 6.72. The fraction of sp³-hybridized carbons (Fsp3) is 0.0714. The first kappa shape index (κ1) is 13.6. The summed E-state index contributed by atoms with van der Waals surface area (Å²) in [5, 5.41) is 9.85. The molecule has 1 aromatic heterocycles. The second kappa shape index (κ2) is 5.87. The highest BCUT2D eigenvalue weighted by Gasteiger charge is 2.13. The maximum Gasteiger partial charge on any atom is 0.225 e. The number of carbonyl (C=O) groups is 1. The minimum Gasteiger partial charge on any atom is -0.281 e. The van der Waals surface area contributed by atoms with E-state index < -0.39 is 0 Å². The Morgan fingerprint density at radius 3 is 2.58 bits per heavy atom. The number of halogens is 1. The van der Waals surface area contributed by atoms with Crippen molar-refractivity contribution in [3.63, 3.8) is 0 Å². The zero-order valence-corrected chi connectivity index (χ0v) is 11.6. The molecule has 0 radical (unpaired) electrons. The molecule has 1 heterocycles. The van der Waals surface area contributed by atoms with Gasteiger partial charge in [-0.1, -0.05) is 11.6 Å². The molecule has 0 atom stereocenters. The summed E-state index contributed by atoms with van der Waals surface area (Å²) in [5.74, 6) is 0. The van der Waals surface area contributed by atoms with Crippen molar-refractivity contribution in [3.8, 4) is 6.07 Å². The van der Waals surface area contributed by atoms with E-state index in [9.17, 15) is 4.79 Å². The molecule has 0 N–H and O–H groups in total. The normalized spacial score (nSPS) is 9.95. The van der Waals surface area contributed by atoms with Gasteiger partial charge in [-0.3, -0.25) is 4.79 Å². The first-order valence-corrected chi connectivity index (χ1v) is 6.65. The van der Waals surface area contributed by atoms with Gasteiger partial charge in [0.25, 0.3) is 0 Å². The predicted molar refractivity (Wildman–Crippen MR) is 75.3 cm³/mol. The molecule has 0 aliphatic carbocycles. The van der Waals surface area contributed by atoms with E-state index in [-0.39, 0.29) is 5.12 Å². The van der Waals surface area contributed by atoms with Gasteiger partial charge in [-0.2, -0.15) is 5.26 Å². The third-order valence-corrected chi connectivity index (χ3v) is 3.57. The van der Waals surface area contributed by atoms with E-state index in [0.717, 1.165) is 17.5 Å². The molecule has 0 fully saturated rings. The van der Waals surface area contributed by atoms with Gasteiger partial charge in [-0.25, -0.2) is 4.98 Å². The number of benzene rings is 1. The molecule has 0 unspecified atom stereocenters. The third-order valence-electron chi connectivity index (χ3n) is 2.39. The highest BCUT2D eigenvalue weighted by molar-refractivity contribution is 8.14. The molecule has 0 spiro atoms. The Bertz CT molecular complexity index is 662. The van der Waals surface area contributed by atoms with Crippen LogP contribution in [0.1, 0.15) is 21.6 Å². The number of nitrogens with zero attached hydrogens (tertiary/aromatic N) is 2. The molecule has 2 rings (SSSR count). The molecule has 0 amide bonds. The second-order valence-corrected chi connectivity index (χ2v) is 5.21. The maximum absolute atomic E-state index is 12.1. The zero-order chi connectivity index (χ0) is 13.8. The van der Waals surface area contributed by atoms with Gasteiger partial charge in [0.05, 0.1) is 5.56 Å². The highest BCUT2D eigenvalue weighted by atomic mass is 35.5. The summed E-state index contributed by atoms with van der Waals surface area (Å²) in [5.41, 5.74) is 1.70. The molecule has 0 saturated heterocycles. The summed E-state index contributed by atoms with van der Waals surface area (Å²) in [4.78, 5) is 16.3. The van der Waals surface area contributed by atoms with Crippen LogP contribution in [0.25, 0.3) is 0 Å². The summed E-state index contributed by atoms with van der Waals surface area (Å²) in [7, 11) is 0. The Balaban J connectivity index is 2.26. The molecule has 94 valence electrons. The minimum absolute atomic E-state index is 0.161. The molecule has 0 aliphatic rings. The van der Waals surface area contributed by atoms with Crippen molar-refractivity contribution in [1.82, 2.24) is 4.98 Å². The number of pyridine rings is 1. The van der Waals surface area contributed by atoms with E-state index >= 15 is 0 Å². The largest absolute Gasteiger partial charge is 0.281 e. The van der Waals surface area contributed by atoms with Crippen LogP contribution in [0.4, 0.5) is 0 Å². The van der Waals surface area contributed by atoms with E-state index in [1.54, 1.807) is 36.4 Å². The van der Waals surface area contributed by atoms with Gasteiger partial charge in [0.2, 0.25) is 5.12 Å². The lowest BCUT2D eigenvalue weighted by Crippen LogP contribution is -1.97. The molecule has 5 heteroatoms. The summed E-state index contributed by atoms with van der Waals surface area (Å²) in [6, 6.07) is 12.1. The standard InChI is InChI=1S/C14H9ClN2OS/c1-9-2-3-11(8-16)13(17-9)19-14(18)10-4-6-12(15)7-5-10/h2-7H,1H3. The van der Waals surface area contributed by atoms with Crippen LogP contribution in [-0.4, -0.2) is 10.1 Å². The first-order valence-electron chi connectivity index (χ1n) is 5.45. The fourth-order valence-electron chi connectivity index (χ4n) is 1.43. The van der Waals surface area contributed by atoms with Crippen molar-refractivity contribution in [3.05, 3.63) is 58.2 Å². The van der Waals surface area contributed by atoms with Gasteiger partial charge in [-0.15, -0.1) is 0 Å². The van der Waals surface area contributed by atoms with Crippen LogP contribution in [-0.2, 0) is 0 Å². The van der Waals surface area contributed by atoms with Gasteiger partial charge in [0, 0.05) is 16.3 Å². The van der Waals surface area contributed by atoms with E-state index in [1.165, 1.54) is 0 Å². The van der Waals surface area contributed by atoms with E-state index in [2.05, 4.69) is 4.98 Å². The number of carbonyl (C=O) groups excluding carboxylic acids is 1. The van der Waals surface area contributed by atoms with Crippen LogP contribution in [0.5, 0.6) is 0 Å². The number of hydrogen-bond acceptors (Lipinski definition) is 4. The lowest BCUT2D eigenvalue weighted by Gasteiger charge is -2.03. The Morgan fingerprint density at radius 2 is 1.95 bits per heavy atom. The van der Waals surface area contributed by atoms with Gasteiger partial charge < -0.3 is 0 Å². The van der Waals surface area contributed by atoms with Crippen LogP contribution in [0.15, 0.2) is 41.4 Å². The number of aryl methyl sites for hydroxylation is 1. The average molecular weight is 289 g/mol. The van der Waals surface area contributed by atoms with Crippen molar-refractivity contribution in [2.24, 2.45) is 0 Å². The molecule has 0 aliphatic heterocycles. The van der Waals surface area contributed by atoms with E-state index in [4.69, 9.17) is 16.9 Å². The van der Waals surface area contributed by atoms with Crippen molar-refractivity contribution in [1.29, 1.82) is 5.26 Å². The van der Waals surface area contributed by atoms with Crippen LogP contribution in [0.2, 0.25) is 5.02 Å². The van der Waals surface area contributed by atoms with Gasteiger partial charge in [0.1, 0.15) is 11.1 Å². The lowest BCUT2D eigenvalue weighted by atomic mass is 10.2. The van der Waals surface area contributed by atoms with Gasteiger partial charge in [-0.05, 0) is 55.1 Å². The molecule has 0 bridgehead atoms. The van der Waals surface area contributed by atoms with Crippen molar-refractivity contribution >= 4 is 28.5 Å². The smallest absolute Gasteiger partial charge is 0.225 e. The lowest BCUT2D eigenvalue weighted by molar-refractivity contribution is 0.108. The predicted octanol–water partition coefficient (Wildman–Crippen LogP) is 3.85. The van der Waals surface area contributed by atoms with Crippen LogP contribution in [0, 0.1) is 18.3 Å². The molecular weight excluding hydrogens is 280 g/mol. The Labute approximate surface area is 120 Å². The Kier molecular flexibility index (Phi) is 4.20. The van der Waals surface area contributed by atoms with Gasteiger partial charge in [0.15, 0.2) is 0 Å². The van der Waals surface area contributed by atoms with Crippen LogP contribution in [0.3, 0.4) is 0 Å². The van der Waals surface area contributed by atoms with E-state index in [1.807, 2.05) is 13.0 Å². The topological polar surface area (TPSA) is 53.8 Å². The number of thioether (sulfide) groups is 1. The molecule has 0 saturated carbocycles. The fourth-order valence-corrected chi connectivity index (χ4v) is 2.40. The minimum atomic E-state index is -0.161. The van der Waals surface area contributed by atoms with E-state index in [0.29, 0.717) is 21.2 Å². The first-order chi connectivity index (χ1) is 9.10. The number of hydrogen-bond donors (Lipinski definition) is 0. The molecule has 19 heavy (non-hydrogen) atoms. The van der Waals surface area contributed by atoms with Crippen molar-refractivity contribution in [2.45, 2.75) is 11.9 Å². The summed E-state index contributed by atoms with van der Waals surface area (Å²) in [6.07, 6.45) is 0.